The van der Waals surface area contributed by atoms with Gasteiger partial charge in [0.15, 0.2) is 11.5 Å². The zero-order valence-corrected chi connectivity index (χ0v) is 18.4. The molecular formula is C27H28N2O2. The van der Waals surface area contributed by atoms with Crippen molar-refractivity contribution in [2.45, 2.75) is 13.3 Å². The molecule has 0 unspecified atom stereocenters. The smallest absolute Gasteiger partial charge is 0.161 e. The van der Waals surface area contributed by atoms with Gasteiger partial charge in [-0.1, -0.05) is 48.0 Å². The fourth-order valence-corrected chi connectivity index (χ4v) is 4.70. The number of methoxy groups -OCH3 is 2. The van der Waals surface area contributed by atoms with E-state index in [1.165, 1.54) is 39.2 Å². The highest BCUT2D eigenvalue weighted by Gasteiger charge is 2.32. The van der Waals surface area contributed by atoms with Crippen LogP contribution in [-0.4, -0.2) is 38.9 Å². The number of benzene rings is 3. The quantitative estimate of drug-likeness (QED) is 0.587. The van der Waals surface area contributed by atoms with Crippen LogP contribution in [0.4, 0.5) is 5.69 Å². The number of nitrogens with zero attached hydrogens (tertiary/aromatic N) is 2. The number of rotatable bonds is 4. The molecule has 0 radical (unpaired) electrons. The average Bonchev–Trinajstić information content (AvgIpc) is 2.83. The van der Waals surface area contributed by atoms with Gasteiger partial charge in [0, 0.05) is 29.9 Å². The molecule has 0 atom stereocenters. The molecule has 0 aromatic heterocycles. The van der Waals surface area contributed by atoms with E-state index in [9.17, 15) is 0 Å². The van der Waals surface area contributed by atoms with Crippen LogP contribution in [0, 0.1) is 6.92 Å². The molecule has 0 spiro atoms. The third kappa shape index (κ3) is 3.52. The summed E-state index contributed by atoms with van der Waals surface area (Å²) >= 11 is 0. The number of anilines is 1. The summed E-state index contributed by atoms with van der Waals surface area (Å²) in [5.74, 6) is 1.58. The van der Waals surface area contributed by atoms with Gasteiger partial charge in [0.1, 0.15) is 0 Å². The van der Waals surface area contributed by atoms with E-state index in [4.69, 9.17) is 9.47 Å². The lowest BCUT2D eigenvalue weighted by molar-refractivity contribution is 0.350. The van der Waals surface area contributed by atoms with Gasteiger partial charge in [-0.25, -0.2) is 0 Å². The largest absolute Gasteiger partial charge is 0.493 e. The number of fused-ring (bicyclic) bond motifs is 3. The molecule has 0 bridgehead atoms. The van der Waals surface area contributed by atoms with Crippen molar-refractivity contribution in [3.05, 3.63) is 89.0 Å². The third-order valence-corrected chi connectivity index (χ3v) is 6.33. The van der Waals surface area contributed by atoms with Crippen molar-refractivity contribution in [3.63, 3.8) is 0 Å². The van der Waals surface area contributed by atoms with Crippen LogP contribution in [0.2, 0.25) is 0 Å². The molecule has 2 heterocycles. The third-order valence-electron chi connectivity index (χ3n) is 6.33. The Bertz CT molecular complexity index is 1120. The minimum atomic E-state index is 0.781. The standard InChI is InChI=1S/C27H28N2O2/c1-19-9-11-22(12-10-19)29-17-24(20-7-5-4-6-8-20)27-23-16-26(31-3)25(30-2)15-21(23)13-14-28(27)18-29/h4-12,15-16H,13-14,17-18H2,1-3H3. The van der Waals surface area contributed by atoms with Crippen molar-refractivity contribution in [2.24, 2.45) is 0 Å². The Hall–Kier alpha value is -3.40. The van der Waals surface area contributed by atoms with E-state index < -0.39 is 0 Å². The van der Waals surface area contributed by atoms with Crippen molar-refractivity contribution in [1.29, 1.82) is 0 Å². The van der Waals surface area contributed by atoms with Gasteiger partial charge in [-0.3, -0.25) is 0 Å². The Balaban J connectivity index is 1.67. The number of hydrogen-bond acceptors (Lipinski definition) is 4. The van der Waals surface area contributed by atoms with Crippen molar-refractivity contribution in [1.82, 2.24) is 4.90 Å². The van der Waals surface area contributed by atoms with Crippen LogP contribution < -0.4 is 14.4 Å². The summed E-state index contributed by atoms with van der Waals surface area (Å²) in [6.07, 6.45) is 0.989. The molecule has 5 rings (SSSR count). The van der Waals surface area contributed by atoms with E-state index in [0.717, 1.165) is 37.7 Å². The Morgan fingerprint density at radius 1 is 0.806 bits per heavy atom. The summed E-state index contributed by atoms with van der Waals surface area (Å²) in [7, 11) is 3.41. The fourth-order valence-electron chi connectivity index (χ4n) is 4.70. The maximum Gasteiger partial charge on any atom is 0.161 e. The van der Waals surface area contributed by atoms with Gasteiger partial charge >= 0.3 is 0 Å². The average molecular weight is 413 g/mol. The molecule has 0 saturated carbocycles. The Morgan fingerprint density at radius 3 is 2.23 bits per heavy atom. The zero-order chi connectivity index (χ0) is 21.4. The van der Waals surface area contributed by atoms with E-state index in [1.807, 2.05) is 0 Å². The molecule has 0 aliphatic carbocycles. The molecule has 0 fully saturated rings. The number of hydrogen-bond donors (Lipinski definition) is 0. The molecule has 3 aromatic carbocycles. The first-order valence-corrected chi connectivity index (χ1v) is 10.8. The second-order valence-corrected chi connectivity index (χ2v) is 8.25. The first kappa shape index (κ1) is 19.6. The van der Waals surface area contributed by atoms with E-state index >= 15 is 0 Å². The minimum absolute atomic E-state index is 0.781. The molecule has 4 nitrogen and oxygen atoms in total. The second-order valence-electron chi connectivity index (χ2n) is 8.25. The van der Waals surface area contributed by atoms with Gasteiger partial charge in [-0.2, -0.15) is 0 Å². The first-order valence-electron chi connectivity index (χ1n) is 10.8. The van der Waals surface area contributed by atoms with E-state index in [-0.39, 0.29) is 0 Å². The molecular weight excluding hydrogens is 384 g/mol. The van der Waals surface area contributed by atoms with Crippen LogP contribution in [0.3, 0.4) is 0 Å². The van der Waals surface area contributed by atoms with Gasteiger partial charge in [-0.05, 0) is 48.7 Å². The van der Waals surface area contributed by atoms with E-state index in [1.54, 1.807) is 14.2 Å². The molecule has 0 saturated heterocycles. The first-order chi connectivity index (χ1) is 15.2. The van der Waals surface area contributed by atoms with Crippen molar-refractivity contribution < 1.29 is 9.47 Å². The zero-order valence-electron chi connectivity index (χ0n) is 18.4. The molecule has 4 heteroatoms. The Labute approximate surface area is 184 Å². The predicted molar refractivity (Wildman–Crippen MR) is 127 cm³/mol. The summed E-state index contributed by atoms with van der Waals surface area (Å²) in [4.78, 5) is 4.98. The monoisotopic (exact) mass is 412 g/mol. The molecule has 2 aliphatic heterocycles. The van der Waals surface area contributed by atoms with Crippen LogP contribution in [0.25, 0.3) is 11.3 Å². The normalized spacial score (nSPS) is 15.5. The SMILES string of the molecule is COc1cc2c(cc1OC)C1=C(c3ccccc3)CN(c3ccc(C)cc3)CN1CC2. The number of aryl methyl sites for hydroxylation is 1. The molecule has 3 aromatic rings. The molecule has 158 valence electrons. The van der Waals surface area contributed by atoms with Crippen LogP contribution in [0.15, 0.2) is 66.7 Å². The van der Waals surface area contributed by atoms with Crippen molar-refractivity contribution in [2.75, 3.05) is 38.9 Å². The molecule has 2 aliphatic rings. The Morgan fingerprint density at radius 2 is 1.52 bits per heavy atom. The van der Waals surface area contributed by atoms with Gasteiger partial charge in [0.05, 0.1) is 26.6 Å². The lowest BCUT2D eigenvalue weighted by Crippen LogP contribution is -2.45. The summed E-state index contributed by atoms with van der Waals surface area (Å²) in [5, 5.41) is 0. The number of ether oxygens (including phenoxy) is 2. The van der Waals surface area contributed by atoms with E-state index in [0.29, 0.717) is 0 Å². The highest BCUT2D eigenvalue weighted by Crippen LogP contribution is 2.43. The van der Waals surface area contributed by atoms with Gasteiger partial charge in [0.2, 0.25) is 0 Å². The molecule has 31 heavy (non-hydrogen) atoms. The fraction of sp³-hybridized carbons (Fsp3) is 0.259. The maximum absolute atomic E-state index is 5.65. The van der Waals surface area contributed by atoms with Crippen LogP contribution >= 0.6 is 0 Å². The molecule has 0 N–H and O–H groups in total. The lowest BCUT2D eigenvalue weighted by atomic mass is 9.89. The summed E-state index contributed by atoms with van der Waals surface area (Å²) in [5.41, 5.74) is 9.05. The van der Waals surface area contributed by atoms with Crippen LogP contribution in [0.5, 0.6) is 11.5 Å². The molecule has 0 amide bonds. The van der Waals surface area contributed by atoms with Crippen LogP contribution in [-0.2, 0) is 6.42 Å². The minimum Gasteiger partial charge on any atom is -0.493 e. The summed E-state index contributed by atoms with van der Waals surface area (Å²) in [6, 6.07) is 23.9. The van der Waals surface area contributed by atoms with Gasteiger partial charge < -0.3 is 19.3 Å². The maximum atomic E-state index is 5.65. The second kappa shape index (κ2) is 8.03. The van der Waals surface area contributed by atoms with Gasteiger partial charge in [0.25, 0.3) is 0 Å². The predicted octanol–water partition coefficient (Wildman–Crippen LogP) is 5.22. The summed E-state index contributed by atoms with van der Waals surface area (Å²) in [6.45, 7) is 4.86. The lowest BCUT2D eigenvalue weighted by Gasteiger charge is -2.44. The Kier molecular flexibility index (Phi) is 5.06. The van der Waals surface area contributed by atoms with E-state index in [2.05, 4.69) is 83.5 Å². The van der Waals surface area contributed by atoms with Crippen LogP contribution in [0.1, 0.15) is 22.3 Å². The van der Waals surface area contributed by atoms with Crippen molar-refractivity contribution >= 4 is 17.0 Å². The van der Waals surface area contributed by atoms with Crippen molar-refractivity contribution in [3.8, 4) is 11.5 Å². The highest BCUT2D eigenvalue weighted by molar-refractivity contribution is 5.95. The highest BCUT2D eigenvalue weighted by atomic mass is 16.5. The topological polar surface area (TPSA) is 24.9 Å². The van der Waals surface area contributed by atoms with Gasteiger partial charge in [-0.15, -0.1) is 0 Å². The summed E-state index contributed by atoms with van der Waals surface area (Å²) < 4.78 is 11.2.